The summed E-state index contributed by atoms with van der Waals surface area (Å²) in [5.41, 5.74) is 5.69. The maximum Gasteiger partial charge on any atom is 0.305 e. The average molecular weight is 290 g/mol. The summed E-state index contributed by atoms with van der Waals surface area (Å²) in [6.07, 6.45) is -0.403. The molecule has 5 nitrogen and oxygen atoms in total. The second-order valence-corrected chi connectivity index (χ2v) is 3.12. The monoisotopic (exact) mass is 289 g/mol. The Morgan fingerprint density at radius 1 is 1.25 bits per heavy atom. The molecule has 1 aromatic carbocycles. The fourth-order valence-corrected chi connectivity index (χ4v) is 1.12. The quantitative estimate of drug-likeness (QED) is 0.717. The number of hydrogen-bond acceptors (Lipinski definition) is 4. The van der Waals surface area contributed by atoms with E-state index in [4.69, 9.17) is 15.9 Å². The first-order valence-electron chi connectivity index (χ1n) is 4.31. The molecule has 0 saturated heterocycles. The summed E-state index contributed by atoms with van der Waals surface area (Å²) < 4.78 is 0. The molecule has 0 saturated carbocycles. The molecular weight excluding hydrogens is 278 g/mol. The van der Waals surface area contributed by atoms with Crippen LogP contribution in [0.2, 0.25) is 0 Å². The molecule has 0 unspecified atom stereocenters. The van der Waals surface area contributed by atoms with E-state index in [1.807, 2.05) is 0 Å². The Hall–Kier alpha value is -1.40. The molecule has 88 valence electrons. The van der Waals surface area contributed by atoms with Gasteiger partial charge in [0.15, 0.2) is 5.78 Å². The summed E-state index contributed by atoms with van der Waals surface area (Å²) in [4.78, 5) is 21.8. The summed E-state index contributed by atoms with van der Waals surface area (Å²) in [5, 5.41) is 17.4. The van der Waals surface area contributed by atoms with Gasteiger partial charge in [-0.2, -0.15) is 0 Å². The first kappa shape index (κ1) is 14.6. The molecule has 0 spiro atoms. The first-order chi connectivity index (χ1) is 7.00. The summed E-state index contributed by atoms with van der Waals surface area (Å²) >= 11 is 0. The van der Waals surface area contributed by atoms with Crippen LogP contribution in [-0.4, -0.2) is 28.0 Å². The van der Waals surface area contributed by atoms with E-state index in [9.17, 15) is 9.59 Å². The minimum absolute atomic E-state index is 0. The zero-order chi connectivity index (χ0) is 11.4. The van der Waals surface area contributed by atoms with Gasteiger partial charge in [-0.05, 0) is 24.3 Å². The van der Waals surface area contributed by atoms with Crippen LogP contribution < -0.4 is 5.73 Å². The number of hydrogen-bond donors (Lipinski definition) is 3. The molecule has 16 heavy (non-hydrogen) atoms. The van der Waals surface area contributed by atoms with Crippen LogP contribution in [-0.2, 0) is 4.79 Å². The van der Waals surface area contributed by atoms with Gasteiger partial charge in [-0.15, -0.1) is 17.0 Å². The third kappa shape index (κ3) is 4.00. The van der Waals surface area contributed by atoms with Gasteiger partial charge in [0.05, 0.1) is 12.5 Å². The molecule has 4 N–H and O–H groups in total. The Morgan fingerprint density at radius 3 is 2.19 bits per heavy atom. The number of ketones is 1. The maximum absolute atomic E-state index is 11.5. The van der Waals surface area contributed by atoms with Crippen molar-refractivity contribution in [3.63, 3.8) is 0 Å². The number of benzene rings is 1. The van der Waals surface area contributed by atoms with E-state index >= 15 is 0 Å². The van der Waals surface area contributed by atoms with Gasteiger partial charge in [-0.3, -0.25) is 9.59 Å². The van der Waals surface area contributed by atoms with Crippen LogP contribution in [0.5, 0.6) is 5.75 Å². The predicted molar refractivity (Wildman–Crippen MR) is 63.0 cm³/mol. The Morgan fingerprint density at radius 2 is 1.75 bits per heavy atom. The lowest BCUT2D eigenvalue weighted by atomic mass is 10.0. The van der Waals surface area contributed by atoms with Crippen LogP contribution in [0.15, 0.2) is 24.3 Å². The van der Waals surface area contributed by atoms with Crippen LogP contribution in [0.4, 0.5) is 0 Å². The van der Waals surface area contributed by atoms with E-state index in [0.717, 1.165) is 0 Å². The molecule has 0 aliphatic carbocycles. The summed E-state index contributed by atoms with van der Waals surface area (Å²) in [7, 11) is 0. The van der Waals surface area contributed by atoms with Crippen molar-refractivity contribution in [3.8, 4) is 5.75 Å². The molecule has 0 bridgehead atoms. The summed E-state index contributed by atoms with van der Waals surface area (Å²) in [5.74, 6) is -1.52. The highest BCUT2D eigenvalue weighted by atomic mass is 79.9. The molecule has 0 aliphatic heterocycles. The van der Waals surface area contributed by atoms with Crippen LogP contribution in [0.3, 0.4) is 0 Å². The fourth-order valence-electron chi connectivity index (χ4n) is 1.12. The number of halogens is 1. The summed E-state index contributed by atoms with van der Waals surface area (Å²) in [6.45, 7) is 0. The molecule has 0 aromatic heterocycles. The normalized spacial score (nSPS) is 11.3. The van der Waals surface area contributed by atoms with Gasteiger partial charge < -0.3 is 15.9 Å². The van der Waals surface area contributed by atoms with Gasteiger partial charge in [-0.25, -0.2) is 0 Å². The van der Waals surface area contributed by atoms with E-state index < -0.39 is 24.2 Å². The number of carbonyl (C=O) groups is 2. The number of nitrogens with two attached hydrogens (primary N) is 1. The number of Topliss-reactive ketones (excluding diaryl/α,β-unsaturated/α-hetero) is 1. The number of phenolic OH excluding ortho intramolecular Hbond substituents is 1. The predicted octanol–water partition coefficient (Wildman–Crippen LogP) is 0.955. The highest BCUT2D eigenvalue weighted by Crippen LogP contribution is 2.11. The zero-order valence-electron chi connectivity index (χ0n) is 8.29. The van der Waals surface area contributed by atoms with Crippen molar-refractivity contribution in [1.29, 1.82) is 0 Å². The van der Waals surface area contributed by atoms with Crippen molar-refractivity contribution in [2.75, 3.05) is 0 Å². The third-order valence-electron chi connectivity index (χ3n) is 1.88. The molecule has 0 aliphatic rings. The number of aliphatic carboxylic acids is 1. The summed E-state index contributed by atoms with van der Waals surface area (Å²) in [6, 6.07) is 4.45. The van der Waals surface area contributed by atoms with Gasteiger partial charge in [0.1, 0.15) is 5.75 Å². The van der Waals surface area contributed by atoms with Gasteiger partial charge in [-0.1, -0.05) is 0 Å². The Balaban J connectivity index is 0.00000225. The van der Waals surface area contributed by atoms with Crippen molar-refractivity contribution >= 4 is 28.7 Å². The molecule has 0 heterocycles. The molecular formula is C10H12BrNO4. The molecule has 1 aromatic rings. The average Bonchev–Trinajstić information content (AvgIpc) is 2.17. The number of aromatic hydroxyl groups is 1. The lowest BCUT2D eigenvalue weighted by Gasteiger charge is -2.07. The van der Waals surface area contributed by atoms with Crippen molar-refractivity contribution < 1.29 is 19.8 Å². The van der Waals surface area contributed by atoms with Crippen molar-refractivity contribution in [1.82, 2.24) is 0 Å². The smallest absolute Gasteiger partial charge is 0.305 e. The zero-order valence-corrected chi connectivity index (χ0v) is 10.0. The van der Waals surface area contributed by atoms with Crippen LogP contribution in [0, 0.1) is 0 Å². The fraction of sp³-hybridized carbons (Fsp3) is 0.200. The van der Waals surface area contributed by atoms with E-state index in [1.165, 1.54) is 24.3 Å². The van der Waals surface area contributed by atoms with Crippen molar-refractivity contribution in [3.05, 3.63) is 29.8 Å². The Bertz CT molecular complexity index is 377. The maximum atomic E-state index is 11.5. The molecule has 0 fully saturated rings. The van der Waals surface area contributed by atoms with E-state index in [0.29, 0.717) is 5.56 Å². The molecule has 0 radical (unpaired) electrons. The molecule has 1 rings (SSSR count). The topological polar surface area (TPSA) is 101 Å². The van der Waals surface area contributed by atoms with Gasteiger partial charge in [0.2, 0.25) is 0 Å². The Kier molecular flexibility index (Phi) is 5.69. The first-order valence-corrected chi connectivity index (χ1v) is 4.31. The number of carbonyl (C=O) groups excluding carboxylic acids is 1. The second-order valence-electron chi connectivity index (χ2n) is 3.12. The van der Waals surface area contributed by atoms with Crippen molar-refractivity contribution in [2.45, 2.75) is 12.5 Å². The molecule has 0 amide bonds. The minimum Gasteiger partial charge on any atom is -0.508 e. The number of carboxylic acid groups (broad SMARTS) is 1. The SMILES string of the molecule is Br.N[C@H](CC(=O)O)C(=O)c1ccc(O)cc1. The van der Waals surface area contributed by atoms with Gasteiger partial charge >= 0.3 is 5.97 Å². The van der Waals surface area contributed by atoms with E-state index in [1.54, 1.807) is 0 Å². The molecule has 1 atom stereocenters. The van der Waals surface area contributed by atoms with E-state index in [2.05, 4.69) is 0 Å². The van der Waals surface area contributed by atoms with Crippen LogP contribution in [0.25, 0.3) is 0 Å². The Labute approximate surface area is 103 Å². The van der Waals surface area contributed by atoms with E-state index in [-0.39, 0.29) is 22.7 Å². The van der Waals surface area contributed by atoms with Crippen LogP contribution >= 0.6 is 17.0 Å². The standard InChI is InChI=1S/C10H11NO4.BrH/c11-8(5-9(13)14)10(15)6-1-3-7(12)4-2-6;/h1-4,8,12H,5,11H2,(H,13,14);1H/t8-;/m1./s1. The highest BCUT2D eigenvalue weighted by molar-refractivity contribution is 8.93. The number of rotatable bonds is 4. The molecule has 6 heteroatoms. The number of carboxylic acids is 1. The van der Waals surface area contributed by atoms with Crippen LogP contribution in [0.1, 0.15) is 16.8 Å². The third-order valence-corrected chi connectivity index (χ3v) is 1.88. The lowest BCUT2D eigenvalue weighted by Crippen LogP contribution is -2.32. The van der Waals surface area contributed by atoms with Crippen molar-refractivity contribution in [2.24, 2.45) is 5.73 Å². The second kappa shape index (κ2) is 6.24. The lowest BCUT2D eigenvalue weighted by molar-refractivity contribution is -0.137. The van der Waals surface area contributed by atoms with Gasteiger partial charge in [0, 0.05) is 5.56 Å². The largest absolute Gasteiger partial charge is 0.508 e. The number of phenols is 1. The highest BCUT2D eigenvalue weighted by Gasteiger charge is 2.18. The minimum atomic E-state index is -1.12. The van der Waals surface area contributed by atoms with Gasteiger partial charge in [0.25, 0.3) is 0 Å².